The lowest BCUT2D eigenvalue weighted by atomic mass is 10.0. The molecule has 1 aromatic rings. The van der Waals surface area contributed by atoms with E-state index >= 15 is 0 Å². The average Bonchev–Trinajstić information content (AvgIpc) is 3.05. The number of amides is 3. The summed E-state index contributed by atoms with van der Waals surface area (Å²) >= 11 is 0. The molecule has 3 rings (SSSR count). The van der Waals surface area contributed by atoms with Crippen LogP contribution in [0.4, 0.5) is 4.79 Å². The van der Waals surface area contributed by atoms with Crippen LogP contribution < -0.4 is 10.8 Å². The molecule has 0 radical (unpaired) electrons. The molecule has 0 unspecified atom stereocenters. The van der Waals surface area contributed by atoms with Gasteiger partial charge in [0.25, 0.3) is 5.91 Å². The first-order chi connectivity index (χ1) is 9.74. The van der Waals surface area contributed by atoms with Crippen molar-refractivity contribution in [3.05, 3.63) is 12.4 Å². The summed E-state index contributed by atoms with van der Waals surface area (Å²) in [6, 6.07) is -0.435. The van der Waals surface area contributed by atoms with E-state index in [-0.39, 0.29) is 24.6 Å². The predicted octanol–water partition coefficient (Wildman–Crippen LogP) is -1.12. The Morgan fingerprint density at radius 2 is 2.45 bits per heavy atom. The molecule has 3 heterocycles. The van der Waals surface area contributed by atoms with Crippen LogP contribution in [0.1, 0.15) is 12.8 Å². The van der Waals surface area contributed by atoms with Crippen LogP contribution in [0.15, 0.2) is 12.4 Å². The van der Waals surface area contributed by atoms with Crippen LogP contribution in [-0.2, 0) is 16.2 Å². The van der Waals surface area contributed by atoms with E-state index in [1.54, 1.807) is 22.0 Å². The summed E-state index contributed by atoms with van der Waals surface area (Å²) in [5.41, 5.74) is 2.40. The van der Waals surface area contributed by atoms with Crippen LogP contribution >= 0.6 is 0 Å². The van der Waals surface area contributed by atoms with Gasteiger partial charge in [-0.15, -0.1) is 5.10 Å². The highest BCUT2D eigenvalue weighted by atomic mass is 16.7. The maximum Gasteiger partial charge on any atom is 0.318 e. The molecule has 2 N–H and O–H groups in total. The number of carbonyl (C=O) groups is 2. The van der Waals surface area contributed by atoms with Gasteiger partial charge in [0.05, 0.1) is 19.3 Å². The Morgan fingerprint density at radius 3 is 3.25 bits per heavy atom. The van der Waals surface area contributed by atoms with Crippen LogP contribution in [-0.4, -0.2) is 57.1 Å². The van der Waals surface area contributed by atoms with Gasteiger partial charge in [0, 0.05) is 18.8 Å². The van der Waals surface area contributed by atoms with Gasteiger partial charge in [-0.25, -0.2) is 10.3 Å². The molecule has 0 aromatic carbocycles. The molecular formula is C11H16N6O3. The monoisotopic (exact) mass is 280 g/mol. The number of piperidine rings is 1. The molecule has 20 heavy (non-hydrogen) atoms. The maximum absolute atomic E-state index is 12.0. The van der Waals surface area contributed by atoms with E-state index in [0.717, 1.165) is 6.42 Å². The Bertz CT molecular complexity index is 490. The Labute approximate surface area is 115 Å². The lowest BCUT2D eigenvalue weighted by molar-refractivity contribution is -0.139. The SMILES string of the molecule is O=C(NOCCn1ccnn1)[C@@H]1CC[C@@H]2CN1C(=O)N2. The van der Waals surface area contributed by atoms with Crippen molar-refractivity contribution in [1.29, 1.82) is 0 Å². The van der Waals surface area contributed by atoms with E-state index in [0.29, 0.717) is 19.5 Å². The zero-order chi connectivity index (χ0) is 13.9. The molecule has 2 aliphatic heterocycles. The molecule has 9 nitrogen and oxygen atoms in total. The van der Waals surface area contributed by atoms with E-state index in [4.69, 9.17) is 4.84 Å². The van der Waals surface area contributed by atoms with E-state index in [1.807, 2.05) is 0 Å². The van der Waals surface area contributed by atoms with Crippen molar-refractivity contribution in [3.8, 4) is 0 Å². The second kappa shape index (κ2) is 5.45. The summed E-state index contributed by atoms with van der Waals surface area (Å²) in [6.45, 7) is 1.38. The summed E-state index contributed by atoms with van der Waals surface area (Å²) in [5.74, 6) is -0.279. The highest BCUT2D eigenvalue weighted by Crippen LogP contribution is 2.22. The Kier molecular flexibility index (Phi) is 3.50. The fraction of sp³-hybridized carbons (Fsp3) is 0.636. The number of hydrogen-bond donors (Lipinski definition) is 2. The summed E-state index contributed by atoms with van der Waals surface area (Å²) < 4.78 is 1.60. The standard InChI is InChI=1S/C11H16N6O3/c18-10(14-20-6-5-16-4-3-12-15-16)9-2-1-8-7-17(9)11(19)13-8/h3-4,8-9H,1-2,5-7H2,(H,13,19)(H,14,18)/t8-,9+/m1/s1. The maximum atomic E-state index is 12.0. The molecule has 2 saturated heterocycles. The molecule has 1 aromatic heterocycles. The molecule has 0 aliphatic carbocycles. The fourth-order valence-electron chi connectivity index (χ4n) is 2.52. The van der Waals surface area contributed by atoms with Crippen molar-refractivity contribution in [2.45, 2.75) is 31.5 Å². The summed E-state index contributed by atoms with van der Waals surface area (Å²) in [7, 11) is 0. The Morgan fingerprint density at radius 1 is 1.55 bits per heavy atom. The van der Waals surface area contributed by atoms with E-state index in [1.165, 1.54) is 0 Å². The number of hydroxylamine groups is 1. The number of carbonyl (C=O) groups excluding carboxylic acids is 2. The third kappa shape index (κ3) is 2.57. The van der Waals surface area contributed by atoms with Crippen LogP contribution in [0, 0.1) is 0 Å². The van der Waals surface area contributed by atoms with Gasteiger partial charge in [-0.3, -0.25) is 14.3 Å². The minimum atomic E-state index is -0.444. The van der Waals surface area contributed by atoms with Crippen molar-refractivity contribution in [2.24, 2.45) is 0 Å². The number of urea groups is 1. The molecular weight excluding hydrogens is 264 g/mol. The number of hydrogen-bond acceptors (Lipinski definition) is 5. The summed E-state index contributed by atoms with van der Waals surface area (Å²) in [5, 5.41) is 10.3. The number of nitrogens with zero attached hydrogens (tertiary/aromatic N) is 4. The van der Waals surface area contributed by atoms with Crippen LogP contribution in [0.25, 0.3) is 0 Å². The normalized spacial score (nSPS) is 24.6. The molecule has 2 bridgehead atoms. The van der Waals surface area contributed by atoms with Crippen LogP contribution in [0.5, 0.6) is 0 Å². The lowest BCUT2D eigenvalue weighted by Gasteiger charge is -2.29. The number of aromatic nitrogens is 3. The van der Waals surface area contributed by atoms with Crippen molar-refractivity contribution in [2.75, 3.05) is 13.2 Å². The van der Waals surface area contributed by atoms with Crippen molar-refractivity contribution >= 4 is 11.9 Å². The minimum Gasteiger partial charge on any atom is -0.333 e. The Hall–Kier alpha value is -2.16. The van der Waals surface area contributed by atoms with E-state index < -0.39 is 6.04 Å². The third-order valence-corrected chi connectivity index (χ3v) is 3.54. The molecule has 0 saturated carbocycles. The van der Waals surface area contributed by atoms with Crippen LogP contribution in [0.3, 0.4) is 0 Å². The highest BCUT2D eigenvalue weighted by Gasteiger charge is 2.41. The molecule has 0 spiro atoms. The smallest absolute Gasteiger partial charge is 0.318 e. The molecule has 108 valence electrons. The Balaban J connectivity index is 1.43. The average molecular weight is 280 g/mol. The minimum absolute atomic E-state index is 0.171. The van der Waals surface area contributed by atoms with Gasteiger partial charge in [-0.05, 0) is 12.8 Å². The number of nitrogens with one attached hydrogen (secondary N) is 2. The quantitative estimate of drug-likeness (QED) is 0.525. The largest absolute Gasteiger partial charge is 0.333 e. The van der Waals surface area contributed by atoms with Crippen molar-refractivity contribution in [3.63, 3.8) is 0 Å². The van der Waals surface area contributed by atoms with Crippen molar-refractivity contribution < 1.29 is 14.4 Å². The van der Waals surface area contributed by atoms with Gasteiger partial charge in [-0.2, -0.15) is 0 Å². The van der Waals surface area contributed by atoms with Crippen molar-refractivity contribution in [1.82, 2.24) is 30.7 Å². The van der Waals surface area contributed by atoms with Gasteiger partial charge in [0.1, 0.15) is 6.04 Å². The van der Waals surface area contributed by atoms with E-state index in [2.05, 4.69) is 21.1 Å². The molecule has 2 aliphatic rings. The summed E-state index contributed by atoms with van der Waals surface area (Å²) in [6.07, 6.45) is 4.75. The first kappa shape index (κ1) is 12.9. The van der Waals surface area contributed by atoms with Crippen LogP contribution in [0.2, 0.25) is 0 Å². The highest BCUT2D eigenvalue weighted by molar-refractivity contribution is 5.88. The van der Waals surface area contributed by atoms with Gasteiger partial charge >= 0.3 is 6.03 Å². The van der Waals surface area contributed by atoms with Gasteiger partial charge in [0.15, 0.2) is 0 Å². The molecule has 9 heteroatoms. The van der Waals surface area contributed by atoms with Gasteiger partial charge < -0.3 is 10.2 Å². The lowest BCUT2D eigenvalue weighted by Crippen LogP contribution is -2.49. The van der Waals surface area contributed by atoms with Gasteiger partial charge in [-0.1, -0.05) is 5.21 Å². The third-order valence-electron chi connectivity index (χ3n) is 3.54. The topological polar surface area (TPSA) is 101 Å². The second-order valence-corrected chi connectivity index (χ2v) is 4.87. The zero-order valence-electron chi connectivity index (χ0n) is 10.9. The molecule has 2 atom stereocenters. The number of fused-ring (bicyclic) bond motifs is 2. The first-order valence-corrected chi connectivity index (χ1v) is 6.57. The van der Waals surface area contributed by atoms with E-state index in [9.17, 15) is 9.59 Å². The second-order valence-electron chi connectivity index (χ2n) is 4.87. The van der Waals surface area contributed by atoms with Gasteiger partial charge in [0.2, 0.25) is 0 Å². The first-order valence-electron chi connectivity index (χ1n) is 6.57. The zero-order valence-corrected chi connectivity index (χ0v) is 10.9. The number of rotatable bonds is 5. The predicted molar refractivity (Wildman–Crippen MR) is 66.2 cm³/mol. The molecule has 3 amide bonds. The summed E-state index contributed by atoms with van der Waals surface area (Å²) in [4.78, 5) is 30.3. The fourth-order valence-corrected chi connectivity index (χ4v) is 2.52. The molecule has 2 fully saturated rings.